The first-order valence-corrected chi connectivity index (χ1v) is 5.87. The molecule has 104 valence electrons. The molecule has 0 fully saturated rings. The summed E-state index contributed by atoms with van der Waals surface area (Å²) in [4.78, 5) is 13.1. The van der Waals surface area contributed by atoms with E-state index in [1.165, 1.54) is 7.11 Å². The Hall–Kier alpha value is -2.48. The summed E-state index contributed by atoms with van der Waals surface area (Å²) in [6.07, 6.45) is 4.53. The highest BCUT2D eigenvalue weighted by Crippen LogP contribution is 2.27. The van der Waals surface area contributed by atoms with E-state index in [1.54, 1.807) is 17.4 Å². The molecule has 20 heavy (non-hydrogen) atoms. The minimum atomic E-state index is -0.612. The fourth-order valence-electron chi connectivity index (χ4n) is 1.91. The van der Waals surface area contributed by atoms with Crippen LogP contribution in [0.15, 0.2) is 24.6 Å². The first-order chi connectivity index (χ1) is 9.69. The molecule has 3 heterocycles. The zero-order valence-electron chi connectivity index (χ0n) is 10.9. The van der Waals surface area contributed by atoms with Crippen LogP contribution in [-0.2, 0) is 4.84 Å². The van der Waals surface area contributed by atoms with E-state index in [4.69, 9.17) is 9.57 Å². The fraction of sp³-hybridized carbons (Fsp3) is 0.250. The Kier molecular flexibility index (Phi) is 3.07. The summed E-state index contributed by atoms with van der Waals surface area (Å²) in [5, 5.41) is 8.69. The standard InChI is InChI=1S/C12H12FN5O2/c1-18-10(3-4-20-18)8-5-9(17-16-8)11-14-6-7(13)12(15-11)19-2/h3-6,10H,1-2H3,(H,16,17). The van der Waals surface area contributed by atoms with Crippen LogP contribution in [0.3, 0.4) is 0 Å². The summed E-state index contributed by atoms with van der Waals surface area (Å²) in [5.41, 5.74) is 1.33. The number of H-pyrrole nitrogens is 1. The second kappa shape index (κ2) is 4.89. The highest BCUT2D eigenvalue weighted by molar-refractivity contribution is 5.50. The largest absolute Gasteiger partial charge is 0.479 e. The van der Waals surface area contributed by atoms with E-state index in [0.717, 1.165) is 11.9 Å². The molecule has 1 aliphatic heterocycles. The van der Waals surface area contributed by atoms with E-state index in [2.05, 4.69) is 20.2 Å². The molecule has 0 bridgehead atoms. The summed E-state index contributed by atoms with van der Waals surface area (Å²) >= 11 is 0. The third-order valence-electron chi connectivity index (χ3n) is 2.93. The van der Waals surface area contributed by atoms with Gasteiger partial charge in [-0.25, -0.2) is 4.98 Å². The number of halogens is 1. The molecule has 2 aromatic rings. The van der Waals surface area contributed by atoms with Crippen molar-refractivity contribution in [2.45, 2.75) is 6.04 Å². The lowest BCUT2D eigenvalue weighted by molar-refractivity contribution is -0.0808. The van der Waals surface area contributed by atoms with E-state index in [-0.39, 0.29) is 17.7 Å². The number of rotatable bonds is 3. The average Bonchev–Trinajstić information content (AvgIpc) is 3.08. The number of aromatic nitrogens is 4. The fourth-order valence-corrected chi connectivity index (χ4v) is 1.91. The Balaban J connectivity index is 1.92. The molecule has 7 nitrogen and oxygen atoms in total. The van der Waals surface area contributed by atoms with E-state index >= 15 is 0 Å². The highest BCUT2D eigenvalue weighted by Gasteiger charge is 2.22. The van der Waals surface area contributed by atoms with Crippen molar-refractivity contribution < 1.29 is 14.0 Å². The minimum absolute atomic E-state index is 0.0569. The third-order valence-corrected chi connectivity index (χ3v) is 2.93. The molecular formula is C12H12FN5O2. The number of hydrogen-bond donors (Lipinski definition) is 1. The van der Waals surface area contributed by atoms with Gasteiger partial charge in [-0.15, -0.1) is 5.06 Å². The SMILES string of the molecule is COc1nc(-c2cc(C3C=CON3C)[nH]n2)ncc1F. The second-order valence-electron chi connectivity index (χ2n) is 4.18. The van der Waals surface area contributed by atoms with Crippen molar-refractivity contribution >= 4 is 0 Å². The van der Waals surface area contributed by atoms with E-state index in [0.29, 0.717) is 5.69 Å². The second-order valence-corrected chi connectivity index (χ2v) is 4.18. The maximum absolute atomic E-state index is 13.3. The molecule has 0 saturated heterocycles. The molecular weight excluding hydrogens is 265 g/mol. The molecule has 2 aromatic heterocycles. The Bertz CT molecular complexity index is 657. The quantitative estimate of drug-likeness (QED) is 0.915. The van der Waals surface area contributed by atoms with Crippen LogP contribution in [0.1, 0.15) is 11.7 Å². The summed E-state index contributed by atoms with van der Waals surface area (Å²) < 4.78 is 18.1. The molecule has 0 spiro atoms. The van der Waals surface area contributed by atoms with Crippen LogP contribution < -0.4 is 4.74 Å². The number of nitrogens with zero attached hydrogens (tertiary/aromatic N) is 4. The van der Waals surface area contributed by atoms with Crippen molar-refractivity contribution in [2.75, 3.05) is 14.2 Å². The van der Waals surface area contributed by atoms with Crippen molar-refractivity contribution in [2.24, 2.45) is 0 Å². The topological polar surface area (TPSA) is 76.2 Å². The van der Waals surface area contributed by atoms with Gasteiger partial charge >= 0.3 is 0 Å². The Morgan fingerprint density at radius 2 is 2.35 bits per heavy atom. The van der Waals surface area contributed by atoms with Crippen LogP contribution in [0.2, 0.25) is 0 Å². The van der Waals surface area contributed by atoms with Gasteiger partial charge in [0.05, 0.1) is 19.0 Å². The first-order valence-electron chi connectivity index (χ1n) is 5.87. The lowest BCUT2D eigenvalue weighted by Gasteiger charge is -2.15. The first kappa shape index (κ1) is 12.5. The van der Waals surface area contributed by atoms with Crippen LogP contribution in [0, 0.1) is 5.82 Å². The van der Waals surface area contributed by atoms with Gasteiger partial charge in [0, 0.05) is 7.05 Å². The molecule has 1 atom stereocenters. The van der Waals surface area contributed by atoms with Gasteiger partial charge in [-0.05, 0) is 12.1 Å². The minimum Gasteiger partial charge on any atom is -0.479 e. The van der Waals surface area contributed by atoms with Gasteiger partial charge in [0.15, 0.2) is 5.82 Å². The van der Waals surface area contributed by atoms with Gasteiger partial charge in [0.25, 0.3) is 5.88 Å². The smallest absolute Gasteiger partial charge is 0.253 e. The lowest BCUT2D eigenvalue weighted by Crippen LogP contribution is -2.16. The van der Waals surface area contributed by atoms with E-state index in [1.807, 2.05) is 13.1 Å². The molecule has 0 saturated carbocycles. The molecule has 0 radical (unpaired) electrons. The molecule has 1 unspecified atom stereocenters. The zero-order valence-corrected chi connectivity index (χ0v) is 10.9. The van der Waals surface area contributed by atoms with Crippen LogP contribution in [-0.4, -0.2) is 39.4 Å². The molecule has 0 amide bonds. The number of hydroxylamine groups is 2. The summed E-state index contributed by atoms with van der Waals surface area (Å²) in [6, 6.07) is 1.73. The third kappa shape index (κ3) is 2.10. The number of nitrogens with one attached hydrogen (secondary N) is 1. The van der Waals surface area contributed by atoms with Crippen molar-refractivity contribution in [3.05, 3.63) is 36.1 Å². The summed E-state index contributed by atoms with van der Waals surface area (Å²) in [6.45, 7) is 0. The Morgan fingerprint density at radius 1 is 1.50 bits per heavy atom. The number of likely N-dealkylation sites (N-methyl/N-ethyl adjacent to an activating group) is 1. The van der Waals surface area contributed by atoms with E-state index < -0.39 is 5.82 Å². The lowest BCUT2D eigenvalue weighted by atomic mass is 10.2. The zero-order chi connectivity index (χ0) is 14.1. The van der Waals surface area contributed by atoms with Gasteiger partial charge in [-0.1, -0.05) is 0 Å². The van der Waals surface area contributed by atoms with Gasteiger partial charge in [-0.3, -0.25) is 5.10 Å². The summed E-state index contributed by atoms with van der Waals surface area (Å²) in [7, 11) is 3.16. The van der Waals surface area contributed by atoms with Crippen molar-refractivity contribution in [3.63, 3.8) is 0 Å². The van der Waals surface area contributed by atoms with Crippen molar-refractivity contribution in [1.29, 1.82) is 0 Å². The maximum atomic E-state index is 13.3. The highest BCUT2D eigenvalue weighted by atomic mass is 19.1. The molecule has 8 heteroatoms. The monoisotopic (exact) mass is 277 g/mol. The summed E-state index contributed by atoms with van der Waals surface area (Å²) in [5.74, 6) is -0.434. The van der Waals surface area contributed by atoms with Crippen LogP contribution in [0.4, 0.5) is 4.39 Å². The number of hydrogen-bond acceptors (Lipinski definition) is 6. The van der Waals surface area contributed by atoms with Gasteiger partial charge in [-0.2, -0.15) is 14.5 Å². The predicted octanol–water partition coefficient (Wildman–Crippen LogP) is 1.45. The van der Waals surface area contributed by atoms with Crippen molar-refractivity contribution in [3.8, 4) is 17.4 Å². The van der Waals surface area contributed by atoms with Gasteiger partial charge in [0.2, 0.25) is 5.82 Å². The number of ether oxygens (including phenoxy) is 1. The van der Waals surface area contributed by atoms with Crippen LogP contribution in [0.5, 0.6) is 5.88 Å². The number of methoxy groups -OCH3 is 1. The van der Waals surface area contributed by atoms with Crippen LogP contribution in [0.25, 0.3) is 11.5 Å². The molecule has 3 rings (SSSR count). The average molecular weight is 277 g/mol. The molecule has 0 aliphatic carbocycles. The van der Waals surface area contributed by atoms with Crippen molar-refractivity contribution in [1.82, 2.24) is 25.2 Å². The normalized spacial score (nSPS) is 18.2. The maximum Gasteiger partial charge on any atom is 0.253 e. The Labute approximate surface area is 114 Å². The van der Waals surface area contributed by atoms with Gasteiger partial charge < -0.3 is 9.57 Å². The Morgan fingerprint density at radius 3 is 3.05 bits per heavy atom. The van der Waals surface area contributed by atoms with E-state index in [9.17, 15) is 4.39 Å². The molecule has 1 aliphatic rings. The molecule has 0 aromatic carbocycles. The number of aromatic amines is 1. The van der Waals surface area contributed by atoms with Gasteiger partial charge in [0.1, 0.15) is 18.0 Å². The molecule has 1 N–H and O–H groups in total. The predicted molar refractivity (Wildman–Crippen MR) is 66.9 cm³/mol. The van der Waals surface area contributed by atoms with Crippen LogP contribution >= 0.6 is 0 Å².